The van der Waals surface area contributed by atoms with E-state index >= 15 is 0 Å². The Morgan fingerprint density at radius 2 is 2.08 bits per heavy atom. The Morgan fingerprint density at radius 3 is 2.79 bits per heavy atom. The maximum atomic E-state index is 12.2. The number of carbonyl (C=O) groups is 1. The molecule has 24 heavy (non-hydrogen) atoms. The van der Waals surface area contributed by atoms with Gasteiger partial charge in [-0.05, 0) is 68.9 Å². The minimum atomic E-state index is -0.0164. The van der Waals surface area contributed by atoms with E-state index in [9.17, 15) is 4.79 Å². The summed E-state index contributed by atoms with van der Waals surface area (Å²) in [4.78, 5) is 14.8. The average Bonchev–Trinajstić information content (AvgIpc) is 2.58. The predicted octanol–water partition coefficient (Wildman–Crippen LogP) is 3.57. The van der Waals surface area contributed by atoms with Crippen molar-refractivity contribution in [2.75, 3.05) is 32.8 Å². The third-order valence-corrected chi connectivity index (χ3v) is 4.49. The molecule has 0 saturated carbocycles. The molecule has 1 amide bonds. The van der Waals surface area contributed by atoms with Crippen molar-refractivity contribution in [1.29, 1.82) is 0 Å². The number of carbonyl (C=O) groups excluding carboxylic acids is 1. The van der Waals surface area contributed by atoms with E-state index < -0.39 is 0 Å². The molecular weight excluding hydrogens is 300 g/mol. The van der Waals surface area contributed by atoms with Gasteiger partial charge >= 0.3 is 0 Å². The normalized spacial score (nSPS) is 16.3. The molecule has 1 aliphatic heterocycles. The lowest BCUT2D eigenvalue weighted by Gasteiger charge is -2.30. The maximum absolute atomic E-state index is 12.2. The molecule has 1 heterocycles. The second-order valence-electron chi connectivity index (χ2n) is 7.37. The molecule has 1 aromatic carbocycles. The Morgan fingerprint density at radius 1 is 1.33 bits per heavy atom. The van der Waals surface area contributed by atoms with Gasteiger partial charge in [0.25, 0.3) is 5.91 Å². The first-order valence-electron chi connectivity index (χ1n) is 9.28. The van der Waals surface area contributed by atoms with Crippen LogP contribution in [0.25, 0.3) is 0 Å². The Bertz CT molecular complexity index is 508. The van der Waals surface area contributed by atoms with Crippen molar-refractivity contribution >= 4 is 5.91 Å². The van der Waals surface area contributed by atoms with Gasteiger partial charge in [0.05, 0.1) is 6.61 Å². The fourth-order valence-corrected chi connectivity index (χ4v) is 2.88. The summed E-state index contributed by atoms with van der Waals surface area (Å²) in [6.45, 7) is 11.4. The van der Waals surface area contributed by atoms with Gasteiger partial charge < -0.3 is 15.0 Å². The molecule has 2 rings (SSSR count). The number of nitrogens with zero attached hydrogens (tertiary/aromatic N) is 1. The Labute approximate surface area is 146 Å². The molecule has 0 aromatic heterocycles. The van der Waals surface area contributed by atoms with Gasteiger partial charge in [0.1, 0.15) is 5.75 Å². The van der Waals surface area contributed by atoms with E-state index in [-0.39, 0.29) is 5.91 Å². The molecule has 134 valence electrons. The molecule has 1 aromatic rings. The van der Waals surface area contributed by atoms with E-state index in [1.165, 1.54) is 25.9 Å². The van der Waals surface area contributed by atoms with Gasteiger partial charge in [0, 0.05) is 12.1 Å². The molecule has 1 saturated heterocycles. The first kappa shape index (κ1) is 18.8. The number of piperidine rings is 1. The fourth-order valence-electron chi connectivity index (χ4n) is 2.88. The van der Waals surface area contributed by atoms with Crippen LogP contribution in [0.5, 0.6) is 5.75 Å². The summed E-state index contributed by atoms with van der Waals surface area (Å²) in [6.07, 6.45) is 3.61. The van der Waals surface area contributed by atoms with Crippen LogP contribution in [0, 0.1) is 11.8 Å². The lowest BCUT2D eigenvalue weighted by atomic mass is 9.99. The topological polar surface area (TPSA) is 41.6 Å². The second kappa shape index (κ2) is 9.67. The van der Waals surface area contributed by atoms with Gasteiger partial charge in [-0.2, -0.15) is 0 Å². The SMILES string of the molecule is CC(C)COc1cccc(C(=O)NCCCN2CCC(C)CC2)c1. The van der Waals surface area contributed by atoms with Crippen molar-refractivity contribution in [1.82, 2.24) is 10.2 Å². The summed E-state index contributed by atoms with van der Waals surface area (Å²) >= 11 is 0. The maximum Gasteiger partial charge on any atom is 0.251 e. The molecule has 0 spiro atoms. The molecule has 0 atom stereocenters. The highest BCUT2D eigenvalue weighted by molar-refractivity contribution is 5.94. The number of likely N-dealkylation sites (tertiary alicyclic amines) is 1. The van der Waals surface area contributed by atoms with E-state index in [0.717, 1.165) is 31.2 Å². The van der Waals surface area contributed by atoms with Crippen LogP contribution in [-0.4, -0.2) is 43.6 Å². The minimum absolute atomic E-state index is 0.0164. The molecule has 0 bridgehead atoms. The van der Waals surface area contributed by atoms with Gasteiger partial charge in [0.2, 0.25) is 0 Å². The fraction of sp³-hybridized carbons (Fsp3) is 0.650. The predicted molar refractivity (Wildman–Crippen MR) is 98.6 cm³/mol. The first-order chi connectivity index (χ1) is 11.5. The third kappa shape index (κ3) is 6.52. The number of amides is 1. The average molecular weight is 332 g/mol. The van der Waals surface area contributed by atoms with E-state index in [2.05, 4.69) is 31.0 Å². The number of hydrogen-bond acceptors (Lipinski definition) is 3. The first-order valence-corrected chi connectivity index (χ1v) is 9.28. The van der Waals surface area contributed by atoms with Crippen LogP contribution in [0.1, 0.15) is 50.4 Å². The lowest BCUT2D eigenvalue weighted by Crippen LogP contribution is -2.35. The van der Waals surface area contributed by atoms with Crippen molar-refractivity contribution in [3.63, 3.8) is 0 Å². The number of ether oxygens (including phenoxy) is 1. The summed E-state index contributed by atoms with van der Waals surface area (Å²) in [5.41, 5.74) is 0.669. The summed E-state index contributed by atoms with van der Waals surface area (Å²) in [5, 5.41) is 3.02. The van der Waals surface area contributed by atoms with Crippen LogP contribution in [0.4, 0.5) is 0 Å². The summed E-state index contributed by atoms with van der Waals surface area (Å²) in [5.74, 6) is 2.09. The van der Waals surface area contributed by atoms with Crippen LogP contribution in [0.2, 0.25) is 0 Å². The molecule has 0 radical (unpaired) electrons. The highest BCUT2D eigenvalue weighted by Crippen LogP contribution is 2.16. The summed E-state index contributed by atoms with van der Waals surface area (Å²) < 4.78 is 5.69. The molecular formula is C20H32N2O2. The lowest BCUT2D eigenvalue weighted by molar-refractivity contribution is 0.0950. The van der Waals surface area contributed by atoms with Crippen LogP contribution >= 0.6 is 0 Å². The zero-order valence-electron chi connectivity index (χ0n) is 15.4. The van der Waals surface area contributed by atoms with E-state index in [4.69, 9.17) is 4.74 Å². The molecule has 1 N–H and O–H groups in total. The van der Waals surface area contributed by atoms with E-state index in [1.54, 1.807) is 0 Å². The highest BCUT2D eigenvalue weighted by Gasteiger charge is 2.15. The van der Waals surface area contributed by atoms with Crippen molar-refractivity contribution in [2.45, 2.75) is 40.0 Å². The number of nitrogens with one attached hydrogen (secondary N) is 1. The molecule has 4 heteroatoms. The zero-order chi connectivity index (χ0) is 17.4. The number of hydrogen-bond donors (Lipinski definition) is 1. The van der Waals surface area contributed by atoms with Gasteiger partial charge in [0.15, 0.2) is 0 Å². The van der Waals surface area contributed by atoms with Crippen LogP contribution < -0.4 is 10.1 Å². The molecule has 4 nitrogen and oxygen atoms in total. The molecule has 0 aliphatic carbocycles. The second-order valence-corrected chi connectivity index (χ2v) is 7.37. The summed E-state index contributed by atoms with van der Waals surface area (Å²) in [7, 11) is 0. The highest BCUT2D eigenvalue weighted by atomic mass is 16.5. The van der Waals surface area contributed by atoms with Gasteiger partial charge in [-0.3, -0.25) is 4.79 Å². The smallest absolute Gasteiger partial charge is 0.251 e. The largest absolute Gasteiger partial charge is 0.493 e. The Hall–Kier alpha value is -1.55. The van der Waals surface area contributed by atoms with Gasteiger partial charge in [-0.15, -0.1) is 0 Å². The van der Waals surface area contributed by atoms with Crippen molar-refractivity contribution < 1.29 is 9.53 Å². The van der Waals surface area contributed by atoms with E-state index in [1.807, 2.05) is 24.3 Å². The molecule has 1 aliphatic rings. The van der Waals surface area contributed by atoms with Crippen molar-refractivity contribution in [3.8, 4) is 5.75 Å². The Kier molecular flexibility index (Phi) is 7.57. The standard InChI is InChI=1S/C20H32N2O2/c1-16(2)15-24-19-7-4-6-18(14-19)20(23)21-10-5-11-22-12-8-17(3)9-13-22/h4,6-7,14,16-17H,5,8-13,15H2,1-3H3,(H,21,23). The van der Waals surface area contributed by atoms with Gasteiger partial charge in [-0.25, -0.2) is 0 Å². The molecule has 1 fully saturated rings. The third-order valence-electron chi connectivity index (χ3n) is 4.49. The number of rotatable bonds is 8. The van der Waals surface area contributed by atoms with Gasteiger partial charge in [-0.1, -0.05) is 26.8 Å². The van der Waals surface area contributed by atoms with Crippen LogP contribution in [0.3, 0.4) is 0 Å². The van der Waals surface area contributed by atoms with Crippen molar-refractivity contribution in [3.05, 3.63) is 29.8 Å². The minimum Gasteiger partial charge on any atom is -0.493 e. The summed E-state index contributed by atoms with van der Waals surface area (Å²) in [6, 6.07) is 7.43. The van der Waals surface area contributed by atoms with E-state index in [0.29, 0.717) is 18.1 Å². The zero-order valence-corrected chi connectivity index (χ0v) is 15.4. The number of benzene rings is 1. The quantitative estimate of drug-likeness (QED) is 0.740. The van der Waals surface area contributed by atoms with Crippen LogP contribution in [0.15, 0.2) is 24.3 Å². The van der Waals surface area contributed by atoms with Crippen LogP contribution in [-0.2, 0) is 0 Å². The molecule has 0 unspecified atom stereocenters. The van der Waals surface area contributed by atoms with Crippen molar-refractivity contribution in [2.24, 2.45) is 11.8 Å². The monoisotopic (exact) mass is 332 g/mol. The Balaban J connectivity index is 1.69.